The third kappa shape index (κ3) is 3.87. The van der Waals surface area contributed by atoms with E-state index >= 15 is 0 Å². The monoisotopic (exact) mass is 285 g/mol. The number of nitrogens with two attached hydrogens (primary N) is 1. The molecule has 20 heavy (non-hydrogen) atoms. The highest BCUT2D eigenvalue weighted by Crippen LogP contribution is 2.29. The number of benzene rings is 2. The van der Waals surface area contributed by atoms with Gasteiger partial charge in [-0.2, -0.15) is 0 Å². The Morgan fingerprint density at radius 3 is 1.70 bits per heavy atom. The number of hydrogen-bond donors (Lipinski definition) is 1. The molecule has 0 bridgehead atoms. The van der Waals surface area contributed by atoms with Crippen molar-refractivity contribution in [2.45, 2.75) is 48.9 Å². The summed E-state index contributed by atoms with van der Waals surface area (Å²) in [6.07, 6.45) is 0.975. The van der Waals surface area contributed by atoms with Crippen molar-refractivity contribution < 1.29 is 0 Å². The molecule has 1 unspecified atom stereocenters. The van der Waals surface area contributed by atoms with Gasteiger partial charge in [-0.05, 0) is 47.7 Å². The van der Waals surface area contributed by atoms with Gasteiger partial charge in [0.05, 0.1) is 0 Å². The standard InChI is InChI=1S/C18H23NS/c1-4-18(19)15-7-11-17(12-8-15)20-16-9-5-14(6-10-16)13(2)3/h5-13,18H,4,19H2,1-3H3. The van der Waals surface area contributed by atoms with Gasteiger partial charge < -0.3 is 5.73 Å². The summed E-state index contributed by atoms with van der Waals surface area (Å²) in [4.78, 5) is 2.54. The summed E-state index contributed by atoms with van der Waals surface area (Å²) in [6.45, 7) is 6.55. The quantitative estimate of drug-likeness (QED) is 0.799. The molecule has 2 N–H and O–H groups in total. The lowest BCUT2D eigenvalue weighted by atomic mass is 10.0. The van der Waals surface area contributed by atoms with Crippen molar-refractivity contribution in [1.82, 2.24) is 0 Å². The summed E-state index contributed by atoms with van der Waals surface area (Å²) in [6, 6.07) is 17.6. The van der Waals surface area contributed by atoms with Crippen LogP contribution in [0.4, 0.5) is 0 Å². The first kappa shape index (κ1) is 15.1. The predicted octanol–water partition coefficient (Wildman–Crippen LogP) is 5.37. The molecule has 2 aromatic rings. The number of rotatable bonds is 5. The highest BCUT2D eigenvalue weighted by Gasteiger charge is 2.04. The van der Waals surface area contributed by atoms with Gasteiger partial charge in [-0.3, -0.25) is 0 Å². The molecule has 0 fully saturated rings. The zero-order chi connectivity index (χ0) is 14.5. The summed E-state index contributed by atoms with van der Waals surface area (Å²) in [5, 5.41) is 0. The third-order valence-electron chi connectivity index (χ3n) is 3.53. The Hall–Kier alpha value is -1.25. The van der Waals surface area contributed by atoms with Crippen molar-refractivity contribution in [3.63, 3.8) is 0 Å². The van der Waals surface area contributed by atoms with Gasteiger partial charge in [0.25, 0.3) is 0 Å². The molecular weight excluding hydrogens is 262 g/mol. The fourth-order valence-electron chi connectivity index (χ4n) is 2.08. The summed E-state index contributed by atoms with van der Waals surface area (Å²) >= 11 is 1.80. The van der Waals surface area contributed by atoms with E-state index in [9.17, 15) is 0 Å². The van der Waals surface area contributed by atoms with Gasteiger partial charge >= 0.3 is 0 Å². The normalized spacial score (nSPS) is 12.7. The molecule has 0 spiro atoms. The van der Waals surface area contributed by atoms with Crippen molar-refractivity contribution in [3.8, 4) is 0 Å². The lowest BCUT2D eigenvalue weighted by Crippen LogP contribution is -2.07. The smallest absolute Gasteiger partial charge is 0.0292 e. The number of hydrogen-bond acceptors (Lipinski definition) is 2. The van der Waals surface area contributed by atoms with Gasteiger partial charge in [-0.1, -0.05) is 56.8 Å². The second-order valence-corrected chi connectivity index (χ2v) is 6.56. The van der Waals surface area contributed by atoms with Crippen LogP contribution in [0.3, 0.4) is 0 Å². The Labute approximate surface area is 126 Å². The maximum absolute atomic E-state index is 6.04. The molecule has 0 aliphatic heterocycles. The molecule has 1 atom stereocenters. The van der Waals surface area contributed by atoms with E-state index < -0.39 is 0 Å². The van der Waals surface area contributed by atoms with Gasteiger partial charge in [-0.25, -0.2) is 0 Å². The van der Waals surface area contributed by atoms with Crippen LogP contribution in [0.5, 0.6) is 0 Å². The van der Waals surface area contributed by atoms with Crippen molar-refractivity contribution in [2.75, 3.05) is 0 Å². The molecule has 0 aliphatic carbocycles. The Balaban J connectivity index is 2.06. The van der Waals surface area contributed by atoms with Gasteiger partial charge in [-0.15, -0.1) is 0 Å². The lowest BCUT2D eigenvalue weighted by molar-refractivity contribution is 0.698. The van der Waals surface area contributed by atoms with Crippen LogP contribution in [0.1, 0.15) is 50.3 Å². The molecule has 2 aromatic carbocycles. The molecule has 2 heteroatoms. The van der Waals surface area contributed by atoms with Crippen LogP contribution >= 0.6 is 11.8 Å². The highest BCUT2D eigenvalue weighted by atomic mass is 32.2. The van der Waals surface area contributed by atoms with E-state index in [1.54, 1.807) is 11.8 Å². The second kappa shape index (κ2) is 6.96. The van der Waals surface area contributed by atoms with E-state index in [4.69, 9.17) is 5.73 Å². The topological polar surface area (TPSA) is 26.0 Å². The van der Waals surface area contributed by atoms with E-state index in [0.717, 1.165) is 6.42 Å². The highest BCUT2D eigenvalue weighted by molar-refractivity contribution is 7.99. The minimum absolute atomic E-state index is 0.152. The van der Waals surface area contributed by atoms with Crippen LogP contribution in [0.25, 0.3) is 0 Å². The summed E-state index contributed by atoms with van der Waals surface area (Å²) in [7, 11) is 0. The Morgan fingerprint density at radius 2 is 1.30 bits per heavy atom. The molecule has 1 nitrogen and oxygen atoms in total. The molecule has 0 saturated heterocycles. The average Bonchev–Trinajstić information content (AvgIpc) is 2.48. The van der Waals surface area contributed by atoms with Gasteiger partial charge in [0.15, 0.2) is 0 Å². The molecule has 0 saturated carbocycles. The molecule has 106 valence electrons. The molecular formula is C18H23NS. The first-order chi connectivity index (χ1) is 9.60. The largest absolute Gasteiger partial charge is 0.324 e. The Bertz CT molecular complexity index is 528. The van der Waals surface area contributed by atoms with Crippen molar-refractivity contribution in [1.29, 1.82) is 0 Å². The van der Waals surface area contributed by atoms with Gasteiger partial charge in [0.2, 0.25) is 0 Å². The molecule has 0 radical (unpaired) electrons. The molecule has 0 aromatic heterocycles. The van der Waals surface area contributed by atoms with E-state index in [0.29, 0.717) is 5.92 Å². The first-order valence-electron chi connectivity index (χ1n) is 7.23. The van der Waals surface area contributed by atoms with Crippen LogP contribution < -0.4 is 5.73 Å². The third-order valence-corrected chi connectivity index (χ3v) is 4.55. The maximum atomic E-state index is 6.04. The molecule has 2 rings (SSSR count). The molecule has 0 heterocycles. The minimum Gasteiger partial charge on any atom is -0.324 e. The van der Waals surface area contributed by atoms with Gasteiger partial charge in [0.1, 0.15) is 0 Å². The van der Waals surface area contributed by atoms with Crippen LogP contribution in [0.2, 0.25) is 0 Å². The second-order valence-electron chi connectivity index (χ2n) is 5.41. The van der Waals surface area contributed by atoms with Crippen molar-refractivity contribution in [2.24, 2.45) is 5.73 Å². The van der Waals surface area contributed by atoms with E-state index in [1.165, 1.54) is 20.9 Å². The first-order valence-corrected chi connectivity index (χ1v) is 8.05. The summed E-state index contributed by atoms with van der Waals surface area (Å²) in [5.74, 6) is 0.587. The minimum atomic E-state index is 0.152. The lowest BCUT2D eigenvalue weighted by Gasteiger charge is -2.10. The van der Waals surface area contributed by atoms with Gasteiger partial charge in [0, 0.05) is 15.8 Å². The summed E-state index contributed by atoms with van der Waals surface area (Å²) < 4.78 is 0. The SMILES string of the molecule is CCC(N)c1ccc(Sc2ccc(C(C)C)cc2)cc1. The van der Waals surface area contributed by atoms with Crippen molar-refractivity contribution >= 4 is 11.8 Å². The zero-order valence-electron chi connectivity index (χ0n) is 12.5. The maximum Gasteiger partial charge on any atom is 0.0292 e. The van der Waals surface area contributed by atoms with Crippen molar-refractivity contribution in [3.05, 3.63) is 59.7 Å². The fraction of sp³-hybridized carbons (Fsp3) is 0.333. The van der Waals surface area contributed by atoms with Crippen LogP contribution in [-0.2, 0) is 0 Å². The van der Waals surface area contributed by atoms with E-state index in [1.807, 2.05) is 0 Å². The van der Waals surface area contributed by atoms with E-state index in [2.05, 4.69) is 69.3 Å². The van der Waals surface area contributed by atoms with Crippen LogP contribution in [0.15, 0.2) is 58.3 Å². The van der Waals surface area contributed by atoms with E-state index in [-0.39, 0.29) is 6.04 Å². The van der Waals surface area contributed by atoms with Crippen LogP contribution in [0, 0.1) is 0 Å². The molecule has 0 aliphatic rings. The summed E-state index contributed by atoms with van der Waals surface area (Å²) in [5.41, 5.74) is 8.64. The Morgan fingerprint density at radius 1 is 0.850 bits per heavy atom. The zero-order valence-corrected chi connectivity index (χ0v) is 13.3. The Kier molecular flexibility index (Phi) is 5.27. The predicted molar refractivity (Wildman–Crippen MR) is 88.3 cm³/mol. The van der Waals surface area contributed by atoms with Crippen LogP contribution in [-0.4, -0.2) is 0 Å². The molecule has 0 amide bonds. The average molecular weight is 285 g/mol. The fourth-order valence-corrected chi connectivity index (χ4v) is 2.89.